The van der Waals surface area contributed by atoms with Crippen LogP contribution in [0.2, 0.25) is 0 Å². The van der Waals surface area contributed by atoms with Gasteiger partial charge < -0.3 is 20.1 Å². The van der Waals surface area contributed by atoms with Gasteiger partial charge in [0.25, 0.3) is 0 Å². The summed E-state index contributed by atoms with van der Waals surface area (Å²) in [5, 5.41) is 6.78. The van der Waals surface area contributed by atoms with Crippen LogP contribution in [0.1, 0.15) is 43.2 Å². The first-order chi connectivity index (χ1) is 12.6. The number of hydrogen-bond acceptors (Lipinski definition) is 3. The molecule has 0 heterocycles. The summed E-state index contributed by atoms with van der Waals surface area (Å²) in [5.41, 5.74) is 1.87. The van der Waals surface area contributed by atoms with Gasteiger partial charge in [0.2, 0.25) is 0 Å². The van der Waals surface area contributed by atoms with Gasteiger partial charge in [-0.2, -0.15) is 0 Å². The van der Waals surface area contributed by atoms with Crippen LogP contribution in [0.25, 0.3) is 0 Å². The molecule has 0 saturated heterocycles. The van der Waals surface area contributed by atoms with Crippen molar-refractivity contribution in [2.75, 3.05) is 34.4 Å². The Morgan fingerprint density at radius 3 is 2.62 bits per heavy atom. The van der Waals surface area contributed by atoms with E-state index >= 15 is 0 Å². The molecular formula is C20H32FN3O2. The molecule has 0 aromatic heterocycles. The Kier molecular flexibility index (Phi) is 8.32. The number of halogens is 1. The lowest BCUT2D eigenvalue weighted by Gasteiger charge is -2.30. The fourth-order valence-electron chi connectivity index (χ4n) is 3.64. The van der Waals surface area contributed by atoms with E-state index < -0.39 is 0 Å². The maximum absolute atomic E-state index is 13.7. The van der Waals surface area contributed by atoms with E-state index in [2.05, 4.69) is 15.6 Å². The number of nitrogens with zero attached hydrogens (tertiary/aromatic N) is 1. The first-order valence-corrected chi connectivity index (χ1v) is 9.32. The highest BCUT2D eigenvalue weighted by Gasteiger charge is 2.33. The van der Waals surface area contributed by atoms with Crippen LogP contribution >= 0.6 is 0 Å². The van der Waals surface area contributed by atoms with Gasteiger partial charge in [0.15, 0.2) is 5.96 Å². The molecule has 1 saturated carbocycles. The molecule has 26 heavy (non-hydrogen) atoms. The SMILES string of the molecule is CN=C(NCc1ccc(F)c(COC)c1)NCC1(CCOC)CCCC1. The van der Waals surface area contributed by atoms with Gasteiger partial charge in [0, 0.05) is 46.5 Å². The average Bonchev–Trinajstić information content (AvgIpc) is 3.12. The zero-order valence-corrected chi connectivity index (χ0v) is 16.2. The largest absolute Gasteiger partial charge is 0.385 e. The molecule has 1 aliphatic carbocycles. The highest BCUT2D eigenvalue weighted by atomic mass is 19.1. The molecule has 0 bridgehead atoms. The third kappa shape index (κ3) is 5.95. The number of nitrogens with one attached hydrogen (secondary N) is 2. The standard InChI is InChI=1S/C20H32FN3O2/c1-22-19(24-15-20(10-11-25-2)8-4-5-9-20)23-13-16-6-7-18(21)17(12-16)14-26-3/h6-7,12H,4-5,8-11,13-15H2,1-3H3,(H2,22,23,24). The van der Waals surface area contributed by atoms with Crippen LogP contribution in [-0.4, -0.2) is 40.4 Å². The van der Waals surface area contributed by atoms with Crippen molar-refractivity contribution in [3.63, 3.8) is 0 Å². The van der Waals surface area contributed by atoms with Crippen molar-refractivity contribution in [2.45, 2.75) is 45.3 Å². The van der Waals surface area contributed by atoms with Crippen LogP contribution in [0.15, 0.2) is 23.2 Å². The van der Waals surface area contributed by atoms with Crippen molar-refractivity contribution in [3.8, 4) is 0 Å². The fraction of sp³-hybridized carbons (Fsp3) is 0.650. The van der Waals surface area contributed by atoms with E-state index in [1.165, 1.54) is 31.7 Å². The molecule has 2 rings (SSSR count). The highest BCUT2D eigenvalue weighted by Crippen LogP contribution is 2.40. The van der Waals surface area contributed by atoms with Gasteiger partial charge in [-0.25, -0.2) is 4.39 Å². The van der Waals surface area contributed by atoms with Gasteiger partial charge in [0.05, 0.1) is 6.61 Å². The van der Waals surface area contributed by atoms with Gasteiger partial charge in [-0.05, 0) is 42.4 Å². The Balaban J connectivity index is 1.88. The highest BCUT2D eigenvalue weighted by molar-refractivity contribution is 5.79. The second-order valence-electron chi connectivity index (χ2n) is 7.09. The van der Waals surface area contributed by atoms with Crippen LogP contribution in [0, 0.1) is 11.2 Å². The maximum Gasteiger partial charge on any atom is 0.191 e. The number of benzene rings is 1. The number of methoxy groups -OCH3 is 2. The number of rotatable bonds is 9. The number of aliphatic imine (C=N–C) groups is 1. The molecule has 146 valence electrons. The Morgan fingerprint density at radius 1 is 1.19 bits per heavy atom. The van der Waals surface area contributed by atoms with Crippen molar-refractivity contribution in [1.29, 1.82) is 0 Å². The quantitative estimate of drug-likeness (QED) is 0.521. The molecule has 2 N–H and O–H groups in total. The van der Waals surface area contributed by atoms with Crippen LogP contribution in [-0.2, 0) is 22.6 Å². The summed E-state index contributed by atoms with van der Waals surface area (Å²) in [7, 11) is 5.10. The summed E-state index contributed by atoms with van der Waals surface area (Å²) in [6.07, 6.45) is 6.12. The van der Waals surface area contributed by atoms with Gasteiger partial charge in [-0.3, -0.25) is 4.99 Å². The predicted molar refractivity (Wildman–Crippen MR) is 103 cm³/mol. The third-order valence-corrected chi connectivity index (χ3v) is 5.23. The van der Waals surface area contributed by atoms with Crippen molar-refractivity contribution < 1.29 is 13.9 Å². The van der Waals surface area contributed by atoms with Gasteiger partial charge in [-0.15, -0.1) is 0 Å². The molecule has 1 fully saturated rings. The molecule has 6 heteroatoms. The first kappa shape index (κ1) is 20.6. The Hall–Kier alpha value is -1.66. The number of guanidine groups is 1. The molecule has 1 aromatic rings. The number of hydrogen-bond donors (Lipinski definition) is 2. The summed E-state index contributed by atoms with van der Waals surface area (Å²) in [6, 6.07) is 5.10. The van der Waals surface area contributed by atoms with E-state index in [4.69, 9.17) is 9.47 Å². The lowest BCUT2D eigenvalue weighted by molar-refractivity contribution is 0.138. The predicted octanol–water partition coefficient (Wildman–Crippen LogP) is 3.23. The molecule has 0 aliphatic heterocycles. The smallest absolute Gasteiger partial charge is 0.191 e. The summed E-state index contributed by atoms with van der Waals surface area (Å²) in [6.45, 7) is 2.55. The molecular weight excluding hydrogens is 333 g/mol. The average molecular weight is 365 g/mol. The van der Waals surface area contributed by atoms with Gasteiger partial charge in [-0.1, -0.05) is 18.9 Å². The minimum Gasteiger partial charge on any atom is -0.385 e. The van der Waals surface area contributed by atoms with Crippen molar-refractivity contribution in [2.24, 2.45) is 10.4 Å². The summed E-state index contributed by atoms with van der Waals surface area (Å²) in [4.78, 5) is 4.32. The molecule has 0 unspecified atom stereocenters. The topological polar surface area (TPSA) is 54.9 Å². The second-order valence-corrected chi connectivity index (χ2v) is 7.09. The third-order valence-electron chi connectivity index (χ3n) is 5.23. The van der Waals surface area contributed by atoms with Crippen molar-refractivity contribution in [1.82, 2.24) is 10.6 Å². The van der Waals surface area contributed by atoms with Crippen LogP contribution in [0.4, 0.5) is 4.39 Å². The maximum atomic E-state index is 13.7. The van der Waals surface area contributed by atoms with E-state index in [1.54, 1.807) is 27.3 Å². The van der Waals surface area contributed by atoms with E-state index in [0.717, 1.165) is 31.1 Å². The monoisotopic (exact) mass is 365 g/mol. The zero-order chi connectivity index (χ0) is 18.8. The molecule has 0 amide bonds. The molecule has 5 nitrogen and oxygen atoms in total. The lowest BCUT2D eigenvalue weighted by atomic mass is 9.83. The van der Waals surface area contributed by atoms with Crippen molar-refractivity contribution >= 4 is 5.96 Å². The van der Waals surface area contributed by atoms with E-state index in [0.29, 0.717) is 17.5 Å². The minimum absolute atomic E-state index is 0.237. The normalized spacial score (nSPS) is 16.7. The Labute approximate surface area is 156 Å². The van der Waals surface area contributed by atoms with Gasteiger partial charge >= 0.3 is 0 Å². The zero-order valence-electron chi connectivity index (χ0n) is 16.2. The molecule has 1 aromatic carbocycles. The molecule has 0 radical (unpaired) electrons. The molecule has 0 atom stereocenters. The summed E-state index contributed by atoms with van der Waals surface area (Å²) in [5.74, 6) is 0.533. The Bertz CT molecular complexity index is 586. The first-order valence-electron chi connectivity index (χ1n) is 9.32. The summed E-state index contributed by atoms with van der Waals surface area (Å²) >= 11 is 0. The van der Waals surface area contributed by atoms with Crippen LogP contribution in [0.3, 0.4) is 0 Å². The van der Waals surface area contributed by atoms with Gasteiger partial charge in [0.1, 0.15) is 5.82 Å². The summed E-state index contributed by atoms with van der Waals surface area (Å²) < 4.78 is 24.0. The van der Waals surface area contributed by atoms with Crippen LogP contribution < -0.4 is 10.6 Å². The van der Waals surface area contributed by atoms with E-state index in [-0.39, 0.29) is 12.4 Å². The number of ether oxygens (including phenoxy) is 2. The Morgan fingerprint density at radius 2 is 1.96 bits per heavy atom. The lowest BCUT2D eigenvalue weighted by Crippen LogP contribution is -2.43. The van der Waals surface area contributed by atoms with E-state index in [1.807, 2.05) is 6.07 Å². The minimum atomic E-state index is -0.237. The van der Waals surface area contributed by atoms with E-state index in [9.17, 15) is 4.39 Å². The second kappa shape index (κ2) is 10.5. The molecule has 0 spiro atoms. The molecule has 1 aliphatic rings. The van der Waals surface area contributed by atoms with Crippen molar-refractivity contribution in [3.05, 3.63) is 35.1 Å². The fourth-order valence-corrected chi connectivity index (χ4v) is 3.64. The van der Waals surface area contributed by atoms with Crippen LogP contribution in [0.5, 0.6) is 0 Å².